The molecule has 0 saturated carbocycles. The summed E-state index contributed by atoms with van der Waals surface area (Å²) in [7, 11) is 0. The van der Waals surface area contributed by atoms with E-state index in [9.17, 15) is 14.4 Å². The minimum atomic E-state index is -0.488. The van der Waals surface area contributed by atoms with Gasteiger partial charge < -0.3 is 15.0 Å². The van der Waals surface area contributed by atoms with Gasteiger partial charge in [0.05, 0.1) is 0 Å². The molecule has 0 aromatic heterocycles. The Balaban J connectivity index is 1.75. The van der Waals surface area contributed by atoms with E-state index < -0.39 is 5.97 Å². The van der Waals surface area contributed by atoms with Crippen molar-refractivity contribution in [1.82, 2.24) is 10.2 Å². The van der Waals surface area contributed by atoms with E-state index >= 15 is 0 Å². The van der Waals surface area contributed by atoms with Crippen molar-refractivity contribution in [2.75, 3.05) is 19.6 Å². The number of hydrogen-bond donors (Lipinski definition) is 1. The largest absolute Gasteiger partial charge is 0.425 e. The van der Waals surface area contributed by atoms with Gasteiger partial charge in [-0.3, -0.25) is 9.59 Å². The van der Waals surface area contributed by atoms with Gasteiger partial charge in [0.15, 0.2) is 0 Å². The first-order valence-corrected chi connectivity index (χ1v) is 8.32. The van der Waals surface area contributed by atoms with Gasteiger partial charge in [0.25, 0.3) is 0 Å². The predicted octanol–water partition coefficient (Wildman–Crippen LogP) is 1.53. The molecule has 6 nitrogen and oxygen atoms in total. The van der Waals surface area contributed by atoms with Crippen LogP contribution in [-0.4, -0.2) is 42.3 Å². The number of amides is 2. The van der Waals surface area contributed by atoms with Crippen molar-refractivity contribution in [2.24, 2.45) is 5.92 Å². The van der Waals surface area contributed by atoms with Crippen LogP contribution in [0.25, 0.3) is 0 Å². The summed E-state index contributed by atoms with van der Waals surface area (Å²) >= 11 is 0. The second-order valence-corrected chi connectivity index (χ2v) is 5.97. The molecular formula is C18H24N2O4. The second kappa shape index (κ2) is 8.47. The average Bonchev–Trinajstić information content (AvgIpc) is 2.60. The molecule has 0 aliphatic carbocycles. The van der Waals surface area contributed by atoms with E-state index in [0.717, 1.165) is 12.0 Å². The van der Waals surface area contributed by atoms with Gasteiger partial charge in [0, 0.05) is 25.9 Å². The lowest BCUT2D eigenvalue weighted by Gasteiger charge is -2.30. The standard InChI is InChI=1S/C18H24N2O4/c1-3-14-5-4-6-16(11-14)24-17(22)12-19-18(23)15-7-9-20(10-8-15)13(2)21/h4-6,11,15H,3,7-10,12H2,1-2H3,(H,19,23). The number of hydrogen-bond acceptors (Lipinski definition) is 4. The lowest BCUT2D eigenvalue weighted by atomic mass is 9.96. The van der Waals surface area contributed by atoms with Crippen LogP contribution >= 0.6 is 0 Å². The summed E-state index contributed by atoms with van der Waals surface area (Å²) in [4.78, 5) is 37.0. The third-order valence-corrected chi connectivity index (χ3v) is 4.26. The number of carbonyl (C=O) groups is 3. The van der Waals surface area contributed by atoms with Crippen LogP contribution < -0.4 is 10.1 Å². The fourth-order valence-electron chi connectivity index (χ4n) is 2.76. The van der Waals surface area contributed by atoms with Crippen LogP contribution in [0.15, 0.2) is 24.3 Å². The molecule has 1 heterocycles. The first-order valence-electron chi connectivity index (χ1n) is 8.32. The third kappa shape index (κ3) is 5.08. The van der Waals surface area contributed by atoms with E-state index in [1.165, 1.54) is 6.92 Å². The van der Waals surface area contributed by atoms with Gasteiger partial charge in [0.2, 0.25) is 11.8 Å². The molecule has 1 saturated heterocycles. The molecule has 1 N–H and O–H groups in total. The molecular weight excluding hydrogens is 308 g/mol. The van der Waals surface area contributed by atoms with Crippen molar-refractivity contribution in [2.45, 2.75) is 33.1 Å². The molecule has 1 aliphatic heterocycles. The van der Waals surface area contributed by atoms with Crippen LogP contribution in [0.3, 0.4) is 0 Å². The Labute approximate surface area is 142 Å². The summed E-state index contributed by atoms with van der Waals surface area (Å²) in [6.07, 6.45) is 2.11. The number of benzene rings is 1. The summed E-state index contributed by atoms with van der Waals surface area (Å²) < 4.78 is 5.24. The summed E-state index contributed by atoms with van der Waals surface area (Å²) in [6.45, 7) is 4.58. The fraction of sp³-hybridized carbons (Fsp3) is 0.500. The number of likely N-dealkylation sites (tertiary alicyclic amines) is 1. The molecule has 2 amide bonds. The van der Waals surface area contributed by atoms with Gasteiger partial charge >= 0.3 is 5.97 Å². The summed E-state index contributed by atoms with van der Waals surface area (Å²) in [5, 5.41) is 2.63. The zero-order chi connectivity index (χ0) is 17.5. The van der Waals surface area contributed by atoms with Crippen molar-refractivity contribution >= 4 is 17.8 Å². The quantitative estimate of drug-likeness (QED) is 0.655. The number of rotatable bonds is 5. The molecule has 1 fully saturated rings. The van der Waals surface area contributed by atoms with Gasteiger partial charge in [-0.2, -0.15) is 0 Å². The highest BCUT2D eigenvalue weighted by molar-refractivity contribution is 5.84. The normalized spacial score (nSPS) is 15.0. The van der Waals surface area contributed by atoms with Gasteiger partial charge in [-0.15, -0.1) is 0 Å². The molecule has 1 aliphatic rings. The highest BCUT2D eigenvalue weighted by Crippen LogP contribution is 2.17. The number of nitrogens with zero attached hydrogens (tertiary/aromatic N) is 1. The third-order valence-electron chi connectivity index (χ3n) is 4.26. The SMILES string of the molecule is CCc1cccc(OC(=O)CNC(=O)C2CCN(C(C)=O)CC2)c1. The Morgan fingerprint density at radius 1 is 1.25 bits per heavy atom. The summed E-state index contributed by atoms with van der Waals surface area (Å²) in [6, 6.07) is 7.34. The van der Waals surface area contributed by atoms with E-state index in [4.69, 9.17) is 4.74 Å². The lowest BCUT2D eigenvalue weighted by Crippen LogP contribution is -2.43. The van der Waals surface area contributed by atoms with Crippen LogP contribution in [0.4, 0.5) is 0 Å². The highest BCUT2D eigenvalue weighted by atomic mass is 16.5. The van der Waals surface area contributed by atoms with E-state index in [1.54, 1.807) is 11.0 Å². The smallest absolute Gasteiger partial charge is 0.330 e. The molecule has 2 rings (SSSR count). The highest BCUT2D eigenvalue weighted by Gasteiger charge is 2.26. The van der Waals surface area contributed by atoms with Crippen LogP contribution in [0.1, 0.15) is 32.3 Å². The number of esters is 1. The van der Waals surface area contributed by atoms with E-state index in [1.807, 2.05) is 25.1 Å². The van der Waals surface area contributed by atoms with E-state index in [2.05, 4.69) is 5.32 Å². The Kier molecular flexibility index (Phi) is 6.35. The number of aryl methyl sites for hydroxylation is 1. The molecule has 130 valence electrons. The molecule has 24 heavy (non-hydrogen) atoms. The van der Waals surface area contributed by atoms with Crippen LogP contribution in [0.2, 0.25) is 0 Å². The van der Waals surface area contributed by atoms with Crippen LogP contribution in [-0.2, 0) is 20.8 Å². The van der Waals surface area contributed by atoms with E-state index in [-0.39, 0.29) is 24.3 Å². The van der Waals surface area contributed by atoms with E-state index in [0.29, 0.717) is 31.7 Å². The number of nitrogens with one attached hydrogen (secondary N) is 1. The van der Waals surface area contributed by atoms with Crippen molar-refractivity contribution in [3.05, 3.63) is 29.8 Å². The molecule has 0 bridgehead atoms. The maximum absolute atomic E-state index is 12.1. The van der Waals surface area contributed by atoms with Crippen LogP contribution in [0, 0.1) is 5.92 Å². The van der Waals surface area contributed by atoms with Gasteiger partial charge in [0.1, 0.15) is 12.3 Å². The molecule has 6 heteroatoms. The minimum absolute atomic E-state index is 0.0340. The Morgan fingerprint density at radius 3 is 2.58 bits per heavy atom. The number of carbonyl (C=O) groups excluding carboxylic acids is 3. The lowest BCUT2D eigenvalue weighted by molar-refractivity contribution is -0.137. The van der Waals surface area contributed by atoms with Crippen molar-refractivity contribution in [3.8, 4) is 5.75 Å². The second-order valence-electron chi connectivity index (χ2n) is 5.97. The average molecular weight is 332 g/mol. The van der Waals surface area contributed by atoms with Crippen molar-refractivity contribution < 1.29 is 19.1 Å². The molecule has 1 aromatic carbocycles. The summed E-state index contributed by atoms with van der Waals surface area (Å²) in [5.41, 5.74) is 1.08. The number of piperidine rings is 1. The molecule has 0 spiro atoms. The van der Waals surface area contributed by atoms with Gasteiger partial charge in [-0.05, 0) is 37.0 Å². The Bertz CT molecular complexity index is 607. The zero-order valence-corrected chi connectivity index (χ0v) is 14.2. The molecule has 0 atom stereocenters. The number of ether oxygens (including phenoxy) is 1. The predicted molar refractivity (Wildman–Crippen MR) is 89.4 cm³/mol. The maximum Gasteiger partial charge on any atom is 0.330 e. The van der Waals surface area contributed by atoms with Crippen molar-refractivity contribution in [1.29, 1.82) is 0 Å². The zero-order valence-electron chi connectivity index (χ0n) is 14.2. The van der Waals surface area contributed by atoms with Crippen molar-refractivity contribution in [3.63, 3.8) is 0 Å². The molecule has 0 unspecified atom stereocenters. The molecule has 0 radical (unpaired) electrons. The van der Waals surface area contributed by atoms with Gasteiger partial charge in [-0.25, -0.2) is 4.79 Å². The maximum atomic E-state index is 12.1. The monoisotopic (exact) mass is 332 g/mol. The first kappa shape index (κ1) is 18.0. The van der Waals surface area contributed by atoms with Gasteiger partial charge in [-0.1, -0.05) is 19.1 Å². The molecule has 1 aromatic rings. The first-order chi connectivity index (χ1) is 11.5. The Morgan fingerprint density at radius 2 is 1.96 bits per heavy atom. The fourth-order valence-corrected chi connectivity index (χ4v) is 2.76. The summed E-state index contributed by atoms with van der Waals surface area (Å²) in [5.74, 6) is -0.276. The topological polar surface area (TPSA) is 75.7 Å². The Hall–Kier alpha value is -2.37. The van der Waals surface area contributed by atoms with Crippen LogP contribution in [0.5, 0.6) is 5.75 Å². The minimum Gasteiger partial charge on any atom is -0.425 e.